The van der Waals surface area contributed by atoms with Gasteiger partial charge in [-0.2, -0.15) is 0 Å². The van der Waals surface area contributed by atoms with Gasteiger partial charge in [0.2, 0.25) is 9.84 Å². The van der Waals surface area contributed by atoms with E-state index < -0.39 is 9.84 Å². The van der Waals surface area contributed by atoms with Crippen LogP contribution in [-0.4, -0.2) is 14.7 Å². The molecule has 0 spiro atoms. The molecule has 0 amide bonds. The largest absolute Gasteiger partial charge is 0.216 e. The molecule has 1 aromatic carbocycles. The summed E-state index contributed by atoms with van der Waals surface area (Å²) < 4.78 is 23.2. The summed E-state index contributed by atoms with van der Waals surface area (Å²) in [6, 6.07) is 5.40. The molecule has 0 radical (unpaired) electrons. The van der Waals surface area contributed by atoms with Crippen molar-refractivity contribution in [1.82, 2.24) is 0 Å². The first kappa shape index (κ1) is 11.8. The van der Waals surface area contributed by atoms with E-state index in [1.54, 1.807) is 12.1 Å². The standard InChI is InChI=1S/C9H6Br2O2S/c1-14(12,13)5-4-7-6-8(10)2-3-9(7)11/h2-3,6H,1H3. The van der Waals surface area contributed by atoms with Gasteiger partial charge >= 0.3 is 0 Å². The maximum Gasteiger partial charge on any atom is 0.214 e. The lowest BCUT2D eigenvalue weighted by atomic mass is 10.2. The smallest absolute Gasteiger partial charge is 0.214 e. The molecule has 0 aliphatic rings. The van der Waals surface area contributed by atoms with Gasteiger partial charge in [-0.15, -0.1) is 0 Å². The van der Waals surface area contributed by atoms with E-state index in [2.05, 4.69) is 43.0 Å². The Hall–Kier alpha value is -0.310. The van der Waals surface area contributed by atoms with Crippen LogP contribution < -0.4 is 0 Å². The fraction of sp³-hybridized carbons (Fsp3) is 0.111. The predicted octanol–water partition coefficient (Wildman–Crippen LogP) is 2.57. The van der Waals surface area contributed by atoms with Gasteiger partial charge in [-0.05, 0) is 40.0 Å². The Bertz CT molecular complexity index is 509. The number of hydrogen-bond donors (Lipinski definition) is 0. The van der Waals surface area contributed by atoms with Crippen molar-refractivity contribution in [2.75, 3.05) is 6.26 Å². The highest BCUT2D eigenvalue weighted by Crippen LogP contribution is 2.20. The van der Waals surface area contributed by atoms with Gasteiger partial charge in [0.25, 0.3) is 0 Å². The number of rotatable bonds is 0. The highest BCUT2D eigenvalue weighted by Gasteiger charge is 1.98. The fourth-order valence-electron chi connectivity index (χ4n) is 0.741. The fourth-order valence-corrected chi connectivity index (χ4v) is 1.74. The molecule has 0 atom stereocenters. The lowest BCUT2D eigenvalue weighted by molar-refractivity contribution is 0.611. The molecular weight excluding hydrogens is 332 g/mol. The minimum Gasteiger partial charge on any atom is -0.216 e. The molecule has 1 rings (SSSR count). The average molecular weight is 338 g/mol. The Morgan fingerprint density at radius 3 is 2.50 bits per heavy atom. The molecule has 5 heteroatoms. The zero-order chi connectivity index (χ0) is 10.8. The SMILES string of the molecule is CS(=O)(=O)C#Cc1cc(Br)ccc1Br. The van der Waals surface area contributed by atoms with Crippen molar-refractivity contribution >= 4 is 41.7 Å². The Balaban J connectivity index is 3.19. The summed E-state index contributed by atoms with van der Waals surface area (Å²) in [5, 5.41) is 2.18. The van der Waals surface area contributed by atoms with Gasteiger partial charge in [0.15, 0.2) is 0 Å². The number of sulfone groups is 1. The number of halogens is 2. The molecule has 1 aromatic rings. The van der Waals surface area contributed by atoms with Crippen molar-refractivity contribution in [1.29, 1.82) is 0 Å². The van der Waals surface area contributed by atoms with Crippen LogP contribution in [0.3, 0.4) is 0 Å². The summed E-state index contributed by atoms with van der Waals surface area (Å²) in [5.41, 5.74) is 0.643. The quantitative estimate of drug-likeness (QED) is 0.682. The van der Waals surface area contributed by atoms with Crippen molar-refractivity contribution in [2.24, 2.45) is 0 Å². The van der Waals surface area contributed by atoms with Gasteiger partial charge in [-0.25, -0.2) is 8.42 Å². The van der Waals surface area contributed by atoms with E-state index in [1.165, 1.54) is 0 Å². The lowest BCUT2D eigenvalue weighted by Crippen LogP contribution is -1.89. The summed E-state index contributed by atoms with van der Waals surface area (Å²) in [6.45, 7) is 0. The van der Waals surface area contributed by atoms with Gasteiger partial charge in [0.05, 0.1) is 6.26 Å². The highest BCUT2D eigenvalue weighted by molar-refractivity contribution is 9.11. The molecule has 0 saturated heterocycles. The zero-order valence-electron chi connectivity index (χ0n) is 7.21. The summed E-state index contributed by atoms with van der Waals surface area (Å²) in [6.07, 6.45) is 1.08. The monoisotopic (exact) mass is 336 g/mol. The molecule has 0 unspecified atom stereocenters. The van der Waals surface area contributed by atoms with Gasteiger partial charge in [-0.3, -0.25) is 0 Å². The van der Waals surface area contributed by atoms with Gasteiger partial charge in [0, 0.05) is 19.8 Å². The molecule has 0 aliphatic carbocycles. The maximum absolute atomic E-state index is 10.8. The van der Waals surface area contributed by atoms with E-state index in [9.17, 15) is 8.42 Å². The molecule has 74 valence electrons. The number of benzene rings is 1. The first-order valence-corrected chi connectivity index (χ1v) is 7.04. The van der Waals surface area contributed by atoms with Crippen molar-refractivity contribution < 1.29 is 8.42 Å². The molecule has 0 bridgehead atoms. The molecule has 14 heavy (non-hydrogen) atoms. The summed E-state index contributed by atoms with van der Waals surface area (Å²) in [5.74, 6) is 2.58. The van der Waals surface area contributed by atoms with Crippen LogP contribution in [-0.2, 0) is 9.84 Å². The van der Waals surface area contributed by atoms with Gasteiger partial charge in [0.1, 0.15) is 0 Å². The molecule has 0 aliphatic heterocycles. The summed E-state index contributed by atoms with van der Waals surface area (Å²) >= 11 is 6.56. The van der Waals surface area contributed by atoms with Crippen LogP contribution in [0, 0.1) is 11.2 Å². The zero-order valence-corrected chi connectivity index (χ0v) is 11.2. The van der Waals surface area contributed by atoms with E-state index in [0.717, 1.165) is 15.2 Å². The highest BCUT2D eigenvalue weighted by atomic mass is 79.9. The Labute approximate surface area is 99.9 Å². The van der Waals surface area contributed by atoms with Gasteiger partial charge in [-0.1, -0.05) is 15.9 Å². The van der Waals surface area contributed by atoms with Crippen molar-refractivity contribution in [3.63, 3.8) is 0 Å². The second-order valence-electron chi connectivity index (χ2n) is 2.62. The van der Waals surface area contributed by atoms with E-state index in [4.69, 9.17) is 0 Å². The molecule has 0 N–H and O–H groups in total. The molecule has 0 saturated carbocycles. The predicted molar refractivity (Wildman–Crippen MR) is 63.6 cm³/mol. The van der Waals surface area contributed by atoms with Crippen molar-refractivity contribution in [3.05, 3.63) is 32.7 Å². The van der Waals surface area contributed by atoms with Crippen LogP contribution in [0.4, 0.5) is 0 Å². The van der Waals surface area contributed by atoms with E-state index in [0.29, 0.717) is 5.56 Å². The van der Waals surface area contributed by atoms with E-state index in [-0.39, 0.29) is 0 Å². The summed E-state index contributed by atoms with van der Waals surface area (Å²) in [4.78, 5) is 0. The second-order valence-corrected chi connectivity index (χ2v) is 6.14. The minimum absolute atomic E-state index is 0.643. The topological polar surface area (TPSA) is 34.1 Å². The first-order chi connectivity index (χ1) is 6.38. The summed E-state index contributed by atoms with van der Waals surface area (Å²) in [7, 11) is -3.25. The molecule has 2 nitrogen and oxygen atoms in total. The third-order valence-electron chi connectivity index (χ3n) is 1.30. The third-order valence-corrected chi connectivity index (χ3v) is 2.96. The third kappa shape index (κ3) is 3.82. The average Bonchev–Trinajstić information content (AvgIpc) is 2.05. The second kappa shape index (κ2) is 4.47. The molecular formula is C9H6Br2O2S. The molecule has 0 fully saturated rings. The maximum atomic E-state index is 10.8. The minimum atomic E-state index is -3.25. The van der Waals surface area contributed by atoms with Crippen LogP contribution in [0.1, 0.15) is 5.56 Å². The van der Waals surface area contributed by atoms with Crippen molar-refractivity contribution in [3.8, 4) is 11.2 Å². The molecule has 0 heterocycles. The van der Waals surface area contributed by atoms with Crippen LogP contribution in [0.25, 0.3) is 0 Å². The van der Waals surface area contributed by atoms with Crippen LogP contribution >= 0.6 is 31.9 Å². The first-order valence-electron chi connectivity index (χ1n) is 3.56. The Morgan fingerprint density at radius 1 is 1.29 bits per heavy atom. The number of hydrogen-bond acceptors (Lipinski definition) is 2. The van der Waals surface area contributed by atoms with E-state index in [1.807, 2.05) is 6.07 Å². The Morgan fingerprint density at radius 2 is 1.93 bits per heavy atom. The van der Waals surface area contributed by atoms with Crippen LogP contribution in [0.2, 0.25) is 0 Å². The normalized spacial score (nSPS) is 10.5. The molecule has 0 aromatic heterocycles. The Kier molecular flexibility index (Phi) is 3.76. The van der Waals surface area contributed by atoms with Crippen molar-refractivity contribution in [2.45, 2.75) is 0 Å². The lowest BCUT2D eigenvalue weighted by Gasteiger charge is -1.95. The van der Waals surface area contributed by atoms with Gasteiger partial charge < -0.3 is 0 Å². The van der Waals surface area contributed by atoms with Crippen LogP contribution in [0.5, 0.6) is 0 Å². The van der Waals surface area contributed by atoms with E-state index >= 15 is 0 Å². The van der Waals surface area contributed by atoms with Crippen LogP contribution in [0.15, 0.2) is 27.1 Å².